The van der Waals surface area contributed by atoms with Gasteiger partial charge in [-0.05, 0) is 31.6 Å². The van der Waals surface area contributed by atoms with E-state index < -0.39 is 0 Å². The van der Waals surface area contributed by atoms with Gasteiger partial charge in [0.05, 0.1) is 0 Å². The molecule has 1 atom stereocenters. The Bertz CT molecular complexity index is 291. The van der Waals surface area contributed by atoms with Crippen molar-refractivity contribution in [2.24, 2.45) is 5.41 Å². The summed E-state index contributed by atoms with van der Waals surface area (Å²) in [5.41, 5.74) is 0.0231. The molecule has 0 saturated carbocycles. The summed E-state index contributed by atoms with van der Waals surface area (Å²) in [6, 6.07) is 0.149. The number of carbonyl (C=O) groups is 2. The zero-order valence-corrected chi connectivity index (χ0v) is 11.6. The van der Waals surface area contributed by atoms with Gasteiger partial charge in [0.1, 0.15) is 5.78 Å². The lowest BCUT2D eigenvalue weighted by molar-refractivity contribution is -0.137. The third kappa shape index (κ3) is 4.88. The van der Waals surface area contributed by atoms with E-state index in [9.17, 15) is 9.59 Å². The van der Waals surface area contributed by atoms with Crippen molar-refractivity contribution in [2.45, 2.75) is 65.8 Å². The zero-order chi connectivity index (χ0) is 13.1. The van der Waals surface area contributed by atoms with E-state index in [1.807, 2.05) is 4.90 Å². The lowest BCUT2D eigenvalue weighted by Gasteiger charge is -2.37. The van der Waals surface area contributed by atoms with Crippen molar-refractivity contribution in [3.63, 3.8) is 0 Å². The van der Waals surface area contributed by atoms with Crippen LogP contribution in [0.5, 0.6) is 0 Å². The second-order valence-corrected chi connectivity index (χ2v) is 6.38. The van der Waals surface area contributed by atoms with Crippen molar-refractivity contribution in [2.75, 3.05) is 6.54 Å². The van der Waals surface area contributed by atoms with Gasteiger partial charge in [0.15, 0.2) is 0 Å². The van der Waals surface area contributed by atoms with Crippen LogP contribution < -0.4 is 0 Å². The molecule has 0 radical (unpaired) electrons. The molecule has 1 aliphatic heterocycles. The van der Waals surface area contributed by atoms with Gasteiger partial charge in [-0.1, -0.05) is 20.8 Å². The van der Waals surface area contributed by atoms with E-state index in [-0.39, 0.29) is 23.1 Å². The first kappa shape index (κ1) is 14.2. The normalized spacial score (nSPS) is 21.4. The molecular formula is C14H25NO2. The number of nitrogens with zero attached hydrogens (tertiary/aromatic N) is 1. The van der Waals surface area contributed by atoms with Crippen LogP contribution in [0.15, 0.2) is 0 Å². The number of ketones is 1. The summed E-state index contributed by atoms with van der Waals surface area (Å²) in [7, 11) is 0. The third-order valence-electron chi connectivity index (χ3n) is 3.15. The van der Waals surface area contributed by atoms with Gasteiger partial charge in [-0.2, -0.15) is 0 Å². The molecule has 0 aromatic heterocycles. The molecule has 0 N–H and O–H groups in total. The summed E-state index contributed by atoms with van der Waals surface area (Å²) < 4.78 is 0. The summed E-state index contributed by atoms with van der Waals surface area (Å²) in [6.45, 7) is 8.67. The lowest BCUT2D eigenvalue weighted by atomic mass is 9.90. The standard InChI is InChI=1S/C14H25NO2/c1-11(16)9-12-7-5-6-8-15(12)13(17)10-14(2,3)4/h12H,5-10H2,1-4H3. The Hall–Kier alpha value is -0.860. The number of hydrogen-bond acceptors (Lipinski definition) is 2. The summed E-state index contributed by atoms with van der Waals surface area (Å²) in [5.74, 6) is 0.397. The first-order chi connectivity index (χ1) is 7.79. The average molecular weight is 239 g/mol. The summed E-state index contributed by atoms with van der Waals surface area (Å²) in [6.07, 6.45) is 4.29. The van der Waals surface area contributed by atoms with Gasteiger partial charge in [-0.15, -0.1) is 0 Å². The Morgan fingerprint density at radius 2 is 1.88 bits per heavy atom. The van der Waals surface area contributed by atoms with E-state index in [1.165, 1.54) is 0 Å². The van der Waals surface area contributed by atoms with Crippen LogP contribution >= 0.6 is 0 Å². The summed E-state index contributed by atoms with van der Waals surface area (Å²) in [5, 5.41) is 0. The fourth-order valence-corrected chi connectivity index (χ4v) is 2.43. The van der Waals surface area contributed by atoms with E-state index in [2.05, 4.69) is 20.8 Å². The maximum Gasteiger partial charge on any atom is 0.223 e. The first-order valence-corrected chi connectivity index (χ1v) is 6.58. The second-order valence-electron chi connectivity index (χ2n) is 6.38. The molecule has 1 rings (SSSR count). The van der Waals surface area contributed by atoms with Crippen molar-refractivity contribution in [1.82, 2.24) is 4.90 Å². The van der Waals surface area contributed by atoms with Crippen LogP contribution in [0.4, 0.5) is 0 Å². The molecule has 1 unspecified atom stereocenters. The highest BCUT2D eigenvalue weighted by molar-refractivity contribution is 5.80. The highest BCUT2D eigenvalue weighted by Crippen LogP contribution is 2.25. The number of rotatable bonds is 3. The van der Waals surface area contributed by atoms with Crippen molar-refractivity contribution < 1.29 is 9.59 Å². The van der Waals surface area contributed by atoms with E-state index in [4.69, 9.17) is 0 Å². The number of piperidine rings is 1. The number of hydrogen-bond donors (Lipinski definition) is 0. The molecule has 17 heavy (non-hydrogen) atoms. The molecule has 0 aromatic rings. The Labute approximate surface area is 105 Å². The minimum atomic E-state index is 0.0231. The van der Waals surface area contributed by atoms with E-state index in [0.717, 1.165) is 25.8 Å². The predicted octanol–water partition coefficient (Wildman–Crippen LogP) is 2.78. The van der Waals surface area contributed by atoms with Crippen LogP contribution in [0.2, 0.25) is 0 Å². The largest absolute Gasteiger partial charge is 0.339 e. The van der Waals surface area contributed by atoms with Gasteiger partial charge in [0, 0.05) is 25.4 Å². The van der Waals surface area contributed by atoms with Crippen LogP contribution in [0.25, 0.3) is 0 Å². The van der Waals surface area contributed by atoms with Gasteiger partial charge in [0.25, 0.3) is 0 Å². The monoisotopic (exact) mass is 239 g/mol. The molecule has 1 amide bonds. The van der Waals surface area contributed by atoms with Gasteiger partial charge in [-0.25, -0.2) is 0 Å². The van der Waals surface area contributed by atoms with Gasteiger partial charge < -0.3 is 4.90 Å². The minimum Gasteiger partial charge on any atom is -0.339 e. The quantitative estimate of drug-likeness (QED) is 0.759. The Balaban J connectivity index is 2.64. The molecule has 3 nitrogen and oxygen atoms in total. The molecular weight excluding hydrogens is 214 g/mol. The Kier molecular flexibility index (Phi) is 4.72. The van der Waals surface area contributed by atoms with Crippen LogP contribution in [0.1, 0.15) is 59.8 Å². The minimum absolute atomic E-state index is 0.0231. The number of amides is 1. The van der Waals surface area contributed by atoms with Crippen molar-refractivity contribution in [3.05, 3.63) is 0 Å². The molecule has 1 fully saturated rings. The van der Waals surface area contributed by atoms with E-state index in [0.29, 0.717) is 12.8 Å². The maximum absolute atomic E-state index is 12.2. The smallest absolute Gasteiger partial charge is 0.223 e. The first-order valence-electron chi connectivity index (χ1n) is 6.58. The van der Waals surface area contributed by atoms with Gasteiger partial charge in [-0.3, -0.25) is 9.59 Å². The lowest BCUT2D eigenvalue weighted by Crippen LogP contribution is -2.45. The number of Topliss-reactive ketones (excluding diaryl/α,β-unsaturated/α-hetero) is 1. The number of likely N-dealkylation sites (tertiary alicyclic amines) is 1. The third-order valence-corrected chi connectivity index (χ3v) is 3.15. The van der Waals surface area contributed by atoms with Gasteiger partial charge in [0.2, 0.25) is 5.91 Å². The van der Waals surface area contributed by atoms with Crippen molar-refractivity contribution in [1.29, 1.82) is 0 Å². The topological polar surface area (TPSA) is 37.4 Å². The van der Waals surface area contributed by atoms with Crippen LogP contribution in [-0.2, 0) is 9.59 Å². The van der Waals surface area contributed by atoms with E-state index in [1.54, 1.807) is 6.92 Å². The van der Waals surface area contributed by atoms with Crippen LogP contribution in [-0.4, -0.2) is 29.2 Å². The fraction of sp³-hybridized carbons (Fsp3) is 0.857. The SMILES string of the molecule is CC(=O)CC1CCCCN1C(=O)CC(C)(C)C. The fourth-order valence-electron chi connectivity index (χ4n) is 2.43. The molecule has 1 aliphatic rings. The Morgan fingerprint density at radius 1 is 1.24 bits per heavy atom. The highest BCUT2D eigenvalue weighted by Gasteiger charge is 2.29. The van der Waals surface area contributed by atoms with E-state index >= 15 is 0 Å². The number of carbonyl (C=O) groups excluding carboxylic acids is 2. The van der Waals surface area contributed by atoms with Crippen LogP contribution in [0.3, 0.4) is 0 Å². The molecule has 0 aliphatic carbocycles. The molecule has 0 bridgehead atoms. The average Bonchev–Trinajstić information content (AvgIpc) is 2.14. The molecule has 98 valence electrons. The molecule has 1 saturated heterocycles. The maximum atomic E-state index is 12.2. The van der Waals surface area contributed by atoms with Gasteiger partial charge >= 0.3 is 0 Å². The molecule has 1 heterocycles. The second kappa shape index (κ2) is 5.65. The van der Waals surface area contributed by atoms with Crippen molar-refractivity contribution in [3.8, 4) is 0 Å². The predicted molar refractivity (Wildman–Crippen MR) is 68.7 cm³/mol. The Morgan fingerprint density at radius 3 is 2.41 bits per heavy atom. The van der Waals surface area contributed by atoms with Crippen LogP contribution in [0, 0.1) is 5.41 Å². The molecule has 0 spiro atoms. The zero-order valence-electron chi connectivity index (χ0n) is 11.6. The summed E-state index contributed by atoms with van der Waals surface area (Å²) in [4.78, 5) is 25.4. The molecule has 3 heteroatoms. The molecule has 0 aromatic carbocycles. The highest BCUT2D eigenvalue weighted by atomic mass is 16.2. The summed E-state index contributed by atoms with van der Waals surface area (Å²) >= 11 is 0. The van der Waals surface area contributed by atoms with Crippen molar-refractivity contribution >= 4 is 11.7 Å².